The largest absolute Gasteiger partial charge is 0.176 e. The molecule has 0 aromatic heterocycles. The SMILES string of the molecule is Cc1cc(C)c(-c2ccccc2C[Si]Cl)c(C)c1. The van der Waals surface area contributed by atoms with E-state index >= 15 is 0 Å². The van der Waals surface area contributed by atoms with Crippen LogP contribution in [0.3, 0.4) is 0 Å². The summed E-state index contributed by atoms with van der Waals surface area (Å²) in [6.45, 7) is 6.53. The summed E-state index contributed by atoms with van der Waals surface area (Å²) in [7, 11) is 0.440. The van der Waals surface area contributed by atoms with Crippen molar-refractivity contribution in [2.45, 2.75) is 26.8 Å². The van der Waals surface area contributed by atoms with Crippen molar-refractivity contribution in [3.8, 4) is 11.1 Å². The van der Waals surface area contributed by atoms with Crippen LogP contribution < -0.4 is 0 Å². The summed E-state index contributed by atoms with van der Waals surface area (Å²) >= 11 is 5.93. The molecule has 2 aromatic rings. The third kappa shape index (κ3) is 2.68. The molecule has 0 atom stereocenters. The Kier molecular flexibility index (Phi) is 4.26. The minimum absolute atomic E-state index is 0.440. The maximum absolute atomic E-state index is 5.93. The van der Waals surface area contributed by atoms with E-state index in [-0.39, 0.29) is 0 Å². The van der Waals surface area contributed by atoms with E-state index in [1.165, 1.54) is 33.4 Å². The van der Waals surface area contributed by atoms with E-state index in [4.69, 9.17) is 11.1 Å². The molecule has 0 unspecified atom stereocenters. The van der Waals surface area contributed by atoms with E-state index in [2.05, 4.69) is 57.2 Å². The molecule has 0 amide bonds. The van der Waals surface area contributed by atoms with Gasteiger partial charge in [-0.15, -0.1) is 0 Å². The van der Waals surface area contributed by atoms with Crippen molar-refractivity contribution in [3.05, 3.63) is 58.7 Å². The first kappa shape index (κ1) is 13.4. The quantitative estimate of drug-likeness (QED) is 0.564. The summed E-state index contributed by atoms with van der Waals surface area (Å²) in [5, 5.41) is 0. The Labute approximate surface area is 117 Å². The van der Waals surface area contributed by atoms with Crippen LogP contribution in [0.1, 0.15) is 22.3 Å². The first-order valence-corrected chi connectivity index (χ1v) is 8.35. The van der Waals surface area contributed by atoms with Gasteiger partial charge in [-0.1, -0.05) is 42.0 Å². The predicted molar refractivity (Wildman–Crippen MR) is 81.4 cm³/mol. The zero-order chi connectivity index (χ0) is 13.1. The van der Waals surface area contributed by atoms with Crippen molar-refractivity contribution in [2.75, 3.05) is 0 Å². The molecule has 18 heavy (non-hydrogen) atoms. The molecule has 2 radical (unpaired) electrons. The zero-order valence-corrected chi connectivity index (χ0v) is 12.8. The number of rotatable bonds is 3. The van der Waals surface area contributed by atoms with E-state index in [1.807, 2.05) is 0 Å². The zero-order valence-electron chi connectivity index (χ0n) is 11.0. The van der Waals surface area contributed by atoms with E-state index < -0.39 is 0 Å². The molecular formula is C16H17ClSi. The third-order valence-electron chi connectivity index (χ3n) is 3.22. The van der Waals surface area contributed by atoms with Crippen molar-refractivity contribution in [1.82, 2.24) is 0 Å². The van der Waals surface area contributed by atoms with Crippen LogP contribution in [0, 0.1) is 20.8 Å². The van der Waals surface area contributed by atoms with Crippen molar-refractivity contribution >= 4 is 19.9 Å². The van der Waals surface area contributed by atoms with Gasteiger partial charge >= 0.3 is 0 Å². The lowest BCUT2D eigenvalue weighted by molar-refractivity contribution is 1.30. The van der Waals surface area contributed by atoms with Crippen LogP contribution in [0.2, 0.25) is 0 Å². The van der Waals surface area contributed by atoms with Crippen molar-refractivity contribution < 1.29 is 0 Å². The highest BCUT2D eigenvalue weighted by atomic mass is 35.6. The van der Waals surface area contributed by atoms with Crippen LogP contribution in [0.5, 0.6) is 0 Å². The molecule has 0 aliphatic carbocycles. The van der Waals surface area contributed by atoms with E-state index in [9.17, 15) is 0 Å². The Bertz CT molecular complexity index is 538. The van der Waals surface area contributed by atoms with Crippen molar-refractivity contribution in [1.29, 1.82) is 0 Å². The van der Waals surface area contributed by atoms with Gasteiger partial charge in [0.05, 0.1) is 0 Å². The fourth-order valence-electron chi connectivity index (χ4n) is 2.60. The molecule has 92 valence electrons. The summed E-state index contributed by atoms with van der Waals surface area (Å²) in [5.41, 5.74) is 8.06. The Morgan fingerprint density at radius 2 is 1.61 bits per heavy atom. The van der Waals surface area contributed by atoms with Crippen LogP contribution in [0.15, 0.2) is 36.4 Å². The van der Waals surface area contributed by atoms with E-state index in [0.29, 0.717) is 8.83 Å². The van der Waals surface area contributed by atoms with Gasteiger partial charge in [0.1, 0.15) is 0 Å². The summed E-state index contributed by atoms with van der Waals surface area (Å²) in [4.78, 5) is 0. The number of benzene rings is 2. The molecule has 2 rings (SSSR count). The van der Waals surface area contributed by atoms with Crippen LogP contribution in [-0.2, 0) is 6.04 Å². The lowest BCUT2D eigenvalue weighted by Crippen LogP contribution is -1.97. The molecule has 0 spiro atoms. The van der Waals surface area contributed by atoms with Gasteiger partial charge in [0.2, 0.25) is 0 Å². The summed E-state index contributed by atoms with van der Waals surface area (Å²) < 4.78 is 0. The fraction of sp³-hybridized carbons (Fsp3) is 0.250. The van der Waals surface area contributed by atoms with Crippen LogP contribution in [0.4, 0.5) is 0 Å². The number of aryl methyl sites for hydroxylation is 3. The average molecular weight is 273 g/mol. The monoisotopic (exact) mass is 272 g/mol. The topological polar surface area (TPSA) is 0 Å². The second kappa shape index (κ2) is 5.72. The highest BCUT2D eigenvalue weighted by molar-refractivity contribution is 6.93. The molecule has 0 saturated heterocycles. The second-order valence-electron chi connectivity index (χ2n) is 4.74. The second-order valence-corrected chi connectivity index (χ2v) is 6.16. The molecule has 0 fully saturated rings. The smallest absolute Gasteiger partial charge is 0.171 e. The highest BCUT2D eigenvalue weighted by Crippen LogP contribution is 2.31. The Morgan fingerprint density at radius 1 is 1.00 bits per heavy atom. The molecule has 0 saturated carbocycles. The van der Waals surface area contributed by atoms with Crippen molar-refractivity contribution in [2.24, 2.45) is 0 Å². The van der Waals surface area contributed by atoms with Gasteiger partial charge in [-0.2, -0.15) is 11.1 Å². The molecule has 0 nitrogen and oxygen atoms in total. The molecule has 2 heteroatoms. The lowest BCUT2D eigenvalue weighted by Gasteiger charge is -2.15. The minimum atomic E-state index is 0.440. The third-order valence-corrected chi connectivity index (χ3v) is 4.14. The van der Waals surface area contributed by atoms with E-state index in [1.54, 1.807) is 0 Å². The Hall–Kier alpha value is -1.05. The molecule has 0 aliphatic rings. The molecular weight excluding hydrogens is 256 g/mol. The minimum Gasteiger partial charge on any atom is -0.171 e. The normalized spacial score (nSPS) is 10.7. The number of halogens is 1. The molecule has 0 heterocycles. The van der Waals surface area contributed by atoms with Gasteiger partial charge in [0.15, 0.2) is 8.83 Å². The Morgan fingerprint density at radius 3 is 2.22 bits per heavy atom. The van der Waals surface area contributed by atoms with Crippen LogP contribution >= 0.6 is 11.1 Å². The molecule has 0 aliphatic heterocycles. The van der Waals surface area contributed by atoms with Crippen LogP contribution in [-0.4, -0.2) is 8.83 Å². The molecule has 0 bridgehead atoms. The van der Waals surface area contributed by atoms with Gasteiger partial charge < -0.3 is 0 Å². The maximum atomic E-state index is 5.93. The van der Waals surface area contributed by atoms with Crippen molar-refractivity contribution in [3.63, 3.8) is 0 Å². The first-order chi connectivity index (χ1) is 8.63. The van der Waals surface area contributed by atoms with E-state index in [0.717, 1.165) is 6.04 Å². The number of hydrogen-bond donors (Lipinski definition) is 0. The standard InChI is InChI=1S/C16H17ClSi/c1-11-8-12(2)16(13(3)9-11)15-7-5-4-6-14(15)10-18-17/h4-9H,10H2,1-3H3. The molecule has 0 N–H and O–H groups in total. The summed E-state index contributed by atoms with van der Waals surface area (Å²) in [6, 6.07) is 14.0. The van der Waals surface area contributed by atoms with Gasteiger partial charge in [-0.05, 0) is 54.6 Å². The predicted octanol–water partition coefficient (Wildman–Crippen LogP) is 4.64. The van der Waals surface area contributed by atoms with Gasteiger partial charge in [0.25, 0.3) is 0 Å². The van der Waals surface area contributed by atoms with Gasteiger partial charge in [0, 0.05) is 0 Å². The van der Waals surface area contributed by atoms with Crippen LogP contribution in [0.25, 0.3) is 11.1 Å². The summed E-state index contributed by atoms with van der Waals surface area (Å²) in [5.74, 6) is 0. The Balaban J connectivity index is 2.62. The average Bonchev–Trinajstić information content (AvgIpc) is 2.30. The van der Waals surface area contributed by atoms with Gasteiger partial charge in [-0.25, -0.2) is 0 Å². The maximum Gasteiger partial charge on any atom is 0.176 e. The first-order valence-electron chi connectivity index (χ1n) is 6.13. The summed E-state index contributed by atoms with van der Waals surface area (Å²) in [6.07, 6.45) is 0. The lowest BCUT2D eigenvalue weighted by atomic mass is 9.91. The fourth-order valence-corrected chi connectivity index (χ4v) is 3.48. The number of hydrogen-bond acceptors (Lipinski definition) is 0. The molecule has 2 aromatic carbocycles. The van der Waals surface area contributed by atoms with Gasteiger partial charge in [-0.3, -0.25) is 0 Å². The highest BCUT2D eigenvalue weighted by Gasteiger charge is 2.10.